The molecule has 0 saturated carbocycles. The fraction of sp³-hybridized carbons (Fsp3) is 0.300. The van der Waals surface area contributed by atoms with E-state index in [1.165, 1.54) is 6.42 Å². The average molecular weight is 384 g/mol. The quantitative estimate of drug-likeness (QED) is 0.275. The molecule has 3 rings (SSSR count). The van der Waals surface area contributed by atoms with Crippen molar-refractivity contribution in [3.05, 3.63) is 59.7 Å². The third kappa shape index (κ3) is 5.02. The summed E-state index contributed by atoms with van der Waals surface area (Å²) in [4.78, 5) is 14.9. The zero-order chi connectivity index (χ0) is 19.2. The van der Waals surface area contributed by atoms with Crippen molar-refractivity contribution in [2.75, 3.05) is 23.7 Å². The molecule has 2 aromatic rings. The first-order valence-electron chi connectivity index (χ1n) is 9.06. The number of hydrogen-bond donors (Lipinski definition) is 4. The Bertz CT molecular complexity index is 805. The minimum Gasteiger partial charge on any atom is -0.398 e. The molecule has 1 atom stereocenters. The number of nitrogens with one attached hydrogen (secondary N) is 2. The van der Waals surface area contributed by atoms with Crippen LogP contribution in [0.5, 0.6) is 0 Å². The molecule has 2 aromatic carbocycles. The van der Waals surface area contributed by atoms with E-state index in [-0.39, 0.29) is 5.91 Å². The summed E-state index contributed by atoms with van der Waals surface area (Å²) in [6.07, 6.45) is 3.57. The summed E-state index contributed by atoms with van der Waals surface area (Å²) in [5, 5.41) is 11.2. The SMILES string of the molecule is N=C(SC(N)NC(=O)c1cc(N2CCCCC2)ccc1N)c1ccccc1. The highest BCUT2D eigenvalue weighted by molar-refractivity contribution is 8.14. The van der Waals surface area contributed by atoms with Crippen LogP contribution in [-0.2, 0) is 0 Å². The second kappa shape index (κ2) is 8.92. The van der Waals surface area contributed by atoms with Gasteiger partial charge in [-0.1, -0.05) is 42.1 Å². The van der Waals surface area contributed by atoms with Gasteiger partial charge in [-0.3, -0.25) is 10.2 Å². The number of nitrogen functional groups attached to an aromatic ring is 1. The van der Waals surface area contributed by atoms with Gasteiger partial charge in [0.25, 0.3) is 5.91 Å². The smallest absolute Gasteiger partial charge is 0.255 e. The number of thioether (sulfide) groups is 1. The van der Waals surface area contributed by atoms with Gasteiger partial charge in [-0.25, -0.2) is 0 Å². The fourth-order valence-electron chi connectivity index (χ4n) is 3.11. The monoisotopic (exact) mass is 383 g/mol. The van der Waals surface area contributed by atoms with Crippen molar-refractivity contribution in [2.45, 2.75) is 24.8 Å². The number of amides is 1. The van der Waals surface area contributed by atoms with Gasteiger partial charge in [0.2, 0.25) is 0 Å². The molecule has 1 aliphatic rings. The van der Waals surface area contributed by atoms with Gasteiger partial charge in [0.1, 0.15) is 5.50 Å². The fourth-order valence-corrected chi connectivity index (χ4v) is 3.80. The van der Waals surface area contributed by atoms with Crippen LogP contribution in [0.2, 0.25) is 0 Å². The van der Waals surface area contributed by atoms with Gasteiger partial charge in [0.15, 0.2) is 0 Å². The van der Waals surface area contributed by atoms with Crippen LogP contribution in [0.3, 0.4) is 0 Å². The van der Waals surface area contributed by atoms with Crippen molar-refractivity contribution >= 4 is 34.1 Å². The van der Waals surface area contributed by atoms with E-state index < -0.39 is 5.50 Å². The van der Waals surface area contributed by atoms with E-state index in [0.717, 1.165) is 48.9 Å². The molecular formula is C20H25N5OS. The molecule has 6 N–H and O–H groups in total. The molecule has 1 fully saturated rings. The Morgan fingerprint density at radius 2 is 1.81 bits per heavy atom. The van der Waals surface area contributed by atoms with Gasteiger partial charge in [0.05, 0.1) is 10.6 Å². The maximum atomic E-state index is 12.7. The van der Waals surface area contributed by atoms with E-state index >= 15 is 0 Å². The van der Waals surface area contributed by atoms with E-state index in [1.807, 2.05) is 42.5 Å². The van der Waals surface area contributed by atoms with Crippen LogP contribution < -0.4 is 21.7 Å². The van der Waals surface area contributed by atoms with E-state index in [1.54, 1.807) is 6.07 Å². The standard InChI is InChI=1S/C20H25N5OS/c21-17-10-9-15(25-11-5-2-6-12-25)13-16(17)19(26)24-20(23)27-18(22)14-7-3-1-4-8-14/h1,3-4,7-10,13,20,22H,2,5-6,11-12,21,23H2,(H,24,26). The Kier molecular flexibility index (Phi) is 6.36. The Labute approximate surface area is 163 Å². The van der Waals surface area contributed by atoms with Gasteiger partial charge >= 0.3 is 0 Å². The molecule has 1 unspecified atom stereocenters. The Morgan fingerprint density at radius 3 is 2.52 bits per heavy atom. The summed E-state index contributed by atoms with van der Waals surface area (Å²) >= 11 is 1.09. The van der Waals surface area contributed by atoms with Crippen molar-refractivity contribution in [1.82, 2.24) is 5.32 Å². The van der Waals surface area contributed by atoms with Crippen molar-refractivity contribution in [3.63, 3.8) is 0 Å². The first-order valence-corrected chi connectivity index (χ1v) is 9.94. The molecule has 1 aliphatic heterocycles. The van der Waals surface area contributed by atoms with Crippen LogP contribution in [0.1, 0.15) is 35.2 Å². The highest BCUT2D eigenvalue weighted by Crippen LogP contribution is 2.24. The Balaban J connectivity index is 1.65. The largest absolute Gasteiger partial charge is 0.398 e. The summed E-state index contributed by atoms with van der Waals surface area (Å²) < 4.78 is 0. The molecule has 1 amide bonds. The maximum Gasteiger partial charge on any atom is 0.255 e. The summed E-state index contributed by atoms with van der Waals surface area (Å²) in [6.45, 7) is 1.99. The highest BCUT2D eigenvalue weighted by atomic mass is 32.2. The Hall–Kier alpha value is -2.51. The van der Waals surface area contributed by atoms with Crippen LogP contribution in [-0.4, -0.2) is 29.5 Å². The molecule has 0 radical (unpaired) electrons. The zero-order valence-corrected chi connectivity index (χ0v) is 16.0. The lowest BCUT2D eigenvalue weighted by Gasteiger charge is -2.29. The number of piperidine rings is 1. The van der Waals surface area contributed by atoms with Gasteiger partial charge in [0, 0.05) is 30.0 Å². The molecule has 7 heteroatoms. The minimum atomic E-state index is -0.733. The van der Waals surface area contributed by atoms with E-state index in [4.69, 9.17) is 16.9 Å². The predicted molar refractivity (Wildman–Crippen MR) is 113 cm³/mol. The molecule has 142 valence electrons. The van der Waals surface area contributed by atoms with Gasteiger partial charge in [-0.2, -0.15) is 0 Å². The Morgan fingerprint density at radius 1 is 1.11 bits per heavy atom. The van der Waals surface area contributed by atoms with E-state index in [0.29, 0.717) is 16.3 Å². The number of benzene rings is 2. The third-order valence-corrected chi connectivity index (χ3v) is 5.40. The number of carbonyl (C=O) groups is 1. The highest BCUT2D eigenvalue weighted by Gasteiger charge is 2.18. The molecule has 1 saturated heterocycles. The van der Waals surface area contributed by atoms with Crippen molar-refractivity contribution in [3.8, 4) is 0 Å². The summed E-state index contributed by atoms with van der Waals surface area (Å²) in [7, 11) is 0. The summed E-state index contributed by atoms with van der Waals surface area (Å²) in [6, 6.07) is 14.8. The lowest BCUT2D eigenvalue weighted by Crippen LogP contribution is -2.40. The molecular weight excluding hydrogens is 358 g/mol. The normalized spacial score (nSPS) is 15.2. The number of nitrogens with zero attached hydrogens (tertiary/aromatic N) is 1. The van der Waals surface area contributed by atoms with Crippen molar-refractivity contribution in [2.24, 2.45) is 5.73 Å². The molecule has 0 aromatic heterocycles. The predicted octanol–water partition coefficient (Wildman–Crippen LogP) is 2.99. The average Bonchev–Trinajstić information content (AvgIpc) is 2.69. The molecule has 0 aliphatic carbocycles. The maximum absolute atomic E-state index is 12.7. The van der Waals surface area contributed by atoms with Crippen LogP contribution in [0.15, 0.2) is 48.5 Å². The summed E-state index contributed by atoms with van der Waals surface area (Å²) in [5.41, 5.74) is 13.9. The zero-order valence-electron chi connectivity index (χ0n) is 15.2. The van der Waals surface area contributed by atoms with Gasteiger partial charge in [-0.05, 0) is 37.5 Å². The topological polar surface area (TPSA) is 108 Å². The van der Waals surface area contributed by atoms with Crippen LogP contribution in [0, 0.1) is 5.41 Å². The number of anilines is 2. The molecule has 0 spiro atoms. The lowest BCUT2D eigenvalue weighted by atomic mass is 10.1. The molecule has 27 heavy (non-hydrogen) atoms. The van der Waals surface area contributed by atoms with Crippen LogP contribution >= 0.6 is 11.8 Å². The first kappa shape index (κ1) is 19.3. The van der Waals surface area contributed by atoms with Gasteiger partial charge < -0.3 is 21.7 Å². The molecule has 0 bridgehead atoms. The van der Waals surface area contributed by atoms with Gasteiger partial charge in [-0.15, -0.1) is 0 Å². The van der Waals surface area contributed by atoms with Crippen LogP contribution in [0.4, 0.5) is 11.4 Å². The second-order valence-electron chi connectivity index (χ2n) is 6.53. The number of hydrogen-bond acceptors (Lipinski definition) is 6. The molecule has 1 heterocycles. The van der Waals surface area contributed by atoms with Crippen LogP contribution in [0.25, 0.3) is 0 Å². The third-order valence-electron chi connectivity index (χ3n) is 4.56. The first-order chi connectivity index (χ1) is 13.0. The second-order valence-corrected chi connectivity index (χ2v) is 7.68. The number of carbonyl (C=O) groups excluding carboxylic acids is 1. The number of rotatable bonds is 5. The number of nitrogens with two attached hydrogens (primary N) is 2. The lowest BCUT2D eigenvalue weighted by molar-refractivity contribution is 0.0951. The van der Waals surface area contributed by atoms with E-state index in [2.05, 4.69) is 10.2 Å². The molecule has 6 nitrogen and oxygen atoms in total. The van der Waals surface area contributed by atoms with Crippen molar-refractivity contribution < 1.29 is 4.79 Å². The van der Waals surface area contributed by atoms with Crippen molar-refractivity contribution in [1.29, 1.82) is 5.41 Å². The van der Waals surface area contributed by atoms with E-state index in [9.17, 15) is 4.79 Å². The minimum absolute atomic E-state index is 0.304. The summed E-state index contributed by atoms with van der Waals surface area (Å²) in [5.74, 6) is -0.327.